The van der Waals surface area contributed by atoms with E-state index >= 15 is 0 Å². The highest BCUT2D eigenvalue weighted by molar-refractivity contribution is 5.74. The van der Waals surface area contributed by atoms with Crippen molar-refractivity contribution in [3.05, 3.63) is 109 Å². The third-order valence-corrected chi connectivity index (χ3v) is 13.3. The maximum Gasteiger partial charge on any atom is 0.335 e. The van der Waals surface area contributed by atoms with Crippen LogP contribution in [0.1, 0.15) is 239 Å². The molecule has 1 aliphatic rings. The lowest BCUT2D eigenvalue weighted by Gasteiger charge is -2.40. The van der Waals surface area contributed by atoms with Crippen molar-refractivity contribution in [2.75, 3.05) is 13.2 Å². The lowest BCUT2D eigenvalue weighted by Crippen LogP contribution is -2.61. The molecule has 0 aliphatic carbocycles. The number of allylic oxidation sites excluding steroid dienone is 18. The van der Waals surface area contributed by atoms with E-state index in [2.05, 4.69) is 112 Å². The second kappa shape index (κ2) is 54.0. The normalized spacial score (nSPS) is 18.6. The molecule has 1 fully saturated rings. The van der Waals surface area contributed by atoms with E-state index in [0.717, 1.165) is 89.9 Å². The molecular formula is C67H108O12. The summed E-state index contributed by atoms with van der Waals surface area (Å²) in [7, 11) is 0. The van der Waals surface area contributed by atoms with E-state index in [0.29, 0.717) is 25.7 Å². The summed E-state index contributed by atoms with van der Waals surface area (Å²) in [5.41, 5.74) is 0. The second-order valence-corrected chi connectivity index (χ2v) is 20.6. The zero-order chi connectivity index (χ0) is 57.5. The Balaban J connectivity index is 2.72. The van der Waals surface area contributed by atoms with Crippen molar-refractivity contribution in [3.8, 4) is 0 Å². The number of aliphatic carboxylic acids is 1. The highest BCUT2D eigenvalue weighted by atomic mass is 16.7. The average molecular weight is 1110 g/mol. The molecule has 6 atom stereocenters. The molecule has 6 unspecified atom stereocenters. The maximum absolute atomic E-state index is 13.2. The van der Waals surface area contributed by atoms with Crippen LogP contribution in [0.5, 0.6) is 0 Å². The van der Waals surface area contributed by atoms with Crippen LogP contribution in [0.15, 0.2) is 109 Å². The molecule has 0 bridgehead atoms. The molecule has 1 heterocycles. The Morgan fingerprint density at radius 2 is 0.823 bits per heavy atom. The van der Waals surface area contributed by atoms with E-state index in [1.54, 1.807) is 0 Å². The largest absolute Gasteiger partial charge is 0.479 e. The van der Waals surface area contributed by atoms with Gasteiger partial charge in [-0.15, -0.1) is 0 Å². The third-order valence-electron chi connectivity index (χ3n) is 13.3. The summed E-state index contributed by atoms with van der Waals surface area (Å²) in [6.07, 6.45) is 60.7. The van der Waals surface area contributed by atoms with Crippen LogP contribution in [0, 0.1) is 0 Å². The monoisotopic (exact) mass is 1100 g/mol. The number of carbonyl (C=O) groups excluding carboxylic acids is 3. The van der Waals surface area contributed by atoms with E-state index in [9.17, 15) is 34.5 Å². The lowest BCUT2D eigenvalue weighted by atomic mass is 9.98. The van der Waals surface area contributed by atoms with E-state index in [4.69, 9.17) is 23.7 Å². The Bertz CT molecular complexity index is 1790. The van der Waals surface area contributed by atoms with Gasteiger partial charge in [0.1, 0.15) is 18.8 Å². The zero-order valence-corrected chi connectivity index (χ0v) is 49.3. The number of esters is 3. The number of ether oxygens (including phenoxy) is 5. The molecule has 0 saturated carbocycles. The average Bonchev–Trinajstić information content (AvgIpc) is 3.46. The summed E-state index contributed by atoms with van der Waals surface area (Å²) >= 11 is 0. The van der Waals surface area contributed by atoms with Crippen LogP contribution in [0.4, 0.5) is 0 Å². The van der Waals surface area contributed by atoms with Gasteiger partial charge in [-0.25, -0.2) is 4.79 Å². The first-order chi connectivity index (χ1) is 38.6. The van der Waals surface area contributed by atoms with Crippen LogP contribution in [0.2, 0.25) is 0 Å². The van der Waals surface area contributed by atoms with Gasteiger partial charge in [-0.1, -0.05) is 220 Å². The number of carboxylic acids is 1. The first-order valence-electron chi connectivity index (χ1n) is 30.9. The summed E-state index contributed by atoms with van der Waals surface area (Å²) in [6, 6.07) is 0. The molecule has 12 heteroatoms. The molecule has 12 nitrogen and oxygen atoms in total. The van der Waals surface area contributed by atoms with Gasteiger partial charge < -0.3 is 39.0 Å². The van der Waals surface area contributed by atoms with Gasteiger partial charge in [-0.3, -0.25) is 14.4 Å². The molecule has 1 aliphatic heterocycles. The molecule has 0 radical (unpaired) electrons. The summed E-state index contributed by atoms with van der Waals surface area (Å²) in [5.74, 6) is -3.27. The van der Waals surface area contributed by atoms with Gasteiger partial charge in [0, 0.05) is 19.3 Å². The molecule has 79 heavy (non-hydrogen) atoms. The van der Waals surface area contributed by atoms with Crippen molar-refractivity contribution in [3.63, 3.8) is 0 Å². The van der Waals surface area contributed by atoms with Gasteiger partial charge in [0.15, 0.2) is 24.6 Å². The first-order valence-corrected chi connectivity index (χ1v) is 30.9. The van der Waals surface area contributed by atoms with Crippen molar-refractivity contribution in [1.82, 2.24) is 0 Å². The van der Waals surface area contributed by atoms with Crippen molar-refractivity contribution in [2.24, 2.45) is 0 Å². The van der Waals surface area contributed by atoms with Gasteiger partial charge in [-0.05, 0) is 109 Å². The fraction of sp³-hybridized carbons (Fsp3) is 0.672. The van der Waals surface area contributed by atoms with Crippen LogP contribution in [-0.4, -0.2) is 89.2 Å². The van der Waals surface area contributed by atoms with Crippen LogP contribution in [0.25, 0.3) is 0 Å². The first kappa shape index (κ1) is 72.4. The highest BCUT2D eigenvalue weighted by Gasteiger charge is 2.50. The molecule has 0 aromatic heterocycles. The van der Waals surface area contributed by atoms with Crippen LogP contribution >= 0.6 is 0 Å². The molecular weight excluding hydrogens is 997 g/mol. The Kier molecular flexibility index (Phi) is 49.5. The minimum absolute atomic E-state index is 0.0685. The maximum atomic E-state index is 13.2. The zero-order valence-electron chi connectivity index (χ0n) is 49.3. The summed E-state index contributed by atoms with van der Waals surface area (Å²) < 4.78 is 28.3. The van der Waals surface area contributed by atoms with E-state index in [-0.39, 0.29) is 25.9 Å². The molecule has 0 aromatic rings. The van der Waals surface area contributed by atoms with Gasteiger partial charge in [-0.2, -0.15) is 0 Å². The summed E-state index contributed by atoms with van der Waals surface area (Å²) in [4.78, 5) is 51.2. The molecule has 1 saturated heterocycles. The fourth-order valence-electron chi connectivity index (χ4n) is 8.66. The van der Waals surface area contributed by atoms with Gasteiger partial charge in [0.05, 0.1) is 6.61 Å². The van der Waals surface area contributed by atoms with Crippen LogP contribution in [0.3, 0.4) is 0 Å². The van der Waals surface area contributed by atoms with Crippen LogP contribution < -0.4 is 0 Å². The molecule has 1 rings (SSSR count). The van der Waals surface area contributed by atoms with E-state index in [1.807, 2.05) is 18.2 Å². The Labute approximate surface area is 478 Å². The topological polar surface area (TPSA) is 175 Å². The van der Waals surface area contributed by atoms with Gasteiger partial charge >= 0.3 is 23.9 Å². The Hall–Kier alpha value is -4.62. The van der Waals surface area contributed by atoms with Gasteiger partial charge in [0.2, 0.25) is 0 Å². The van der Waals surface area contributed by atoms with Crippen molar-refractivity contribution < 1.29 is 58.2 Å². The standard InChI is InChI=1S/C67H108O12/c1-4-7-10-13-16-19-22-25-27-29-30-32-33-36-38-41-44-47-50-53-59(68)75-56-58(77-60(69)54-51-48-45-42-40-37-34-31-28-26-23-20-17-14-11-8-5-2)57-76-67-65(63(72)62(71)64(79-67)66(73)74)78-61(70)55-52-49-46-43-39-35-24-21-18-15-12-9-6-3/h8-9,11-12,17-18,20-21,25-28,34-35,37,39,46,49,58,62-65,67,71-72H,4-7,10,13-16,19,22-24,29-33,36,38,40-45,47-48,50-57H2,1-3H3,(H,73,74)/b11-8-,12-9-,20-17-,21-18-,27-25-,28-26-,37-34-,39-35-,49-46-. The summed E-state index contributed by atoms with van der Waals surface area (Å²) in [6.45, 7) is 5.71. The molecule has 0 aromatic carbocycles. The van der Waals surface area contributed by atoms with E-state index < -0.39 is 67.3 Å². The number of aliphatic hydroxyl groups is 2. The number of hydrogen-bond acceptors (Lipinski definition) is 11. The number of rotatable bonds is 51. The number of hydrogen-bond donors (Lipinski definition) is 3. The fourth-order valence-corrected chi connectivity index (χ4v) is 8.66. The number of carboxylic acid groups (broad SMARTS) is 1. The minimum Gasteiger partial charge on any atom is -0.479 e. The third kappa shape index (κ3) is 43.8. The van der Waals surface area contributed by atoms with Crippen LogP contribution in [-0.2, 0) is 42.9 Å². The molecule has 3 N–H and O–H groups in total. The minimum atomic E-state index is -1.94. The Morgan fingerprint density at radius 3 is 1.28 bits per heavy atom. The highest BCUT2D eigenvalue weighted by Crippen LogP contribution is 2.26. The molecule has 0 spiro atoms. The number of aliphatic hydroxyl groups excluding tert-OH is 2. The lowest BCUT2D eigenvalue weighted by molar-refractivity contribution is -0.301. The summed E-state index contributed by atoms with van der Waals surface area (Å²) in [5, 5.41) is 31.5. The number of unbranched alkanes of at least 4 members (excludes halogenated alkanes) is 19. The predicted octanol–water partition coefficient (Wildman–Crippen LogP) is 16.2. The Morgan fingerprint density at radius 1 is 0.430 bits per heavy atom. The predicted molar refractivity (Wildman–Crippen MR) is 321 cm³/mol. The van der Waals surface area contributed by atoms with Crippen molar-refractivity contribution >= 4 is 23.9 Å². The quantitative estimate of drug-likeness (QED) is 0.0228. The van der Waals surface area contributed by atoms with Crippen molar-refractivity contribution in [1.29, 1.82) is 0 Å². The molecule has 448 valence electrons. The van der Waals surface area contributed by atoms with E-state index in [1.165, 1.54) is 83.5 Å². The molecule has 0 amide bonds. The smallest absolute Gasteiger partial charge is 0.335 e. The number of carbonyl (C=O) groups is 4. The van der Waals surface area contributed by atoms with Crippen molar-refractivity contribution in [2.45, 2.75) is 276 Å². The van der Waals surface area contributed by atoms with Gasteiger partial charge in [0.25, 0.3) is 0 Å². The second-order valence-electron chi connectivity index (χ2n) is 20.6. The SMILES string of the molecule is CC/C=C\C/C=C\C/C=C\C/C=C\CCCCCCC(=O)OC(COC(=O)CCCCCCCCCCC/C=C\CCCCCCCC)COC1OC(C(=O)O)C(O)C(O)C1OC(=O)CC/C=C\C/C=C\C/C=C\C/C=C\CC.